The van der Waals surface area contributed by atoms with E-state index in [0.29, 0.717) is 0 Å². The minimum absolute atomic E-state index is 0.379. The molecule has 0 radical (unpaired) electrons. The van der Waals surface area contributed by atoms with Gasteiger partial charge in [0.05, 0.1) is 12.0 Å². The van der Waals surface area contributed by atoms with E-state index in [2.05, 4.69) is 5.32 Å². The van der Waals surface area contributed by atoms with Crippen LogP contribution in [-0.2, 0) is 9.59 Å². The summed E-state index contributed by atoms with van der Waals surface area (Å²) in [5.41, 5.74) is 0. The summed E-state index contributed by atoms with van der Waals surface area (Å²) >= 11 is 0. The van der Waals surface area contributed by atoms with Crippen LogP contribution in [0.1, 0.15) is 0 Å². The van der Waals surface area contributed by atoms with Gasteiger partial charge in [-0.05, 0) is 0 Å². The number of halogens is 3. The molecule has 0 bridgehead atoms. The van der Waals surface area contributed by atoms with Crippen LogP contribution in [0.2, 0.25) is 0 Å². The first-order valence-corrected chi connectivity index (χ1v) is 4.84. The van der Waals surface area contributed by atoms with Crippen molar-refractivity contribution in [2.75, 3.05) is 6.54 Å². The number of aliphatic carboxylic acids is 1. The van der Waals surface area contributed by atoms with Crippen molar-refractivity contribution >= 4 is 11.9 Å². The Morgan fingerprint density at radius 1 is 1.22 bits per heavy atom. The van der Waals surface area contributed by atoms with Crippen LogP contribution in [0.4, 0.5) is 13.2 Å². The Bertz CT molecular complexity index is 348. The molecular formula is C8H11F3N2O5. The largest absolute Gasteiger partial charge is 0.481 e. The van der Waals surface area contributed by atoms with Crippen molar-refractivity contribution in [1.82, 2.24) is 10.6 Å². The Hall–Kier alpha value is -1.39. The molecule has 1 heterocycles. The van der Waals surface area contributed by atoms with E-state index in [4.69, 9.17) is 5.11 Å². The number of hydrogen-bond donors (Lipinski definition) is 5. The van der Waals surface area contributed by atoms with Crippen LogP contribution in [0.25, 0.3) is 0 Å². The fraction of sp³-hybridized carbons (Fsp3) is 0.750. The number of carbonyl (C=O) groups is 2. The molecule has 1 rings (SSSR count). The van der Waals surface area contributed by atoms with Gasteiger partial charge < -0.3 is 20.6 Å². The van der Waals surface area contributed by atoms with Gasteiger partial charge in [0.1, 0.15) is 12.3 Å². The topological polar surface area (TPSA) is 119 Å². The number of carbonyl (C=O) groups excluding carboxylic acids is 1. The molecule has 0 aliphatic carbocycles. The number of amides is 1. The Labute approximate surface area is 98.6 Å². The second kappa shape index (κ2) is 5.08. The van der Waals surface area contributed by atoms with Gasteiger partial charge in [-0.2, -0.15) is 13.2 Å². The number of piperidine rings is 1. The van der Waals surface area contributed by atoms with E-state index in [1.807, 2.05) is 0 Å². The molecule has 1 fully saturated rings. The average Bonchev–Trinajstić information content (AvgIpc) is 2.22. The summed E-state index contributed by atoms with van der Waals surface area (Å²) in [7, 11) is 0. The maximum Gasteiger partial charge on any atom is 0.471 e. The second-order valence-corrected chi connectivity index (χ2v) is 3.78. The first kappa shape index (κ1) is 14.7. The molecule has 1 amide bonds. The standard InChI is InChI=1S/C8H11F3N2O5/c9-8(10,11)7(18)13-5-4(15)3(14)2(1-12-5)6(16)17/h2-5,12,14-15H,1H2,(H,13,18)(H,16,17)/t2?,3-,4-,5?/m0/s1. The maximum atomic E-state index is 12.0. The number of carboxylic acid groups (broad SMARTS) is 1. The van der Waals surface area contributed by atoms with Crippen molar-refractivity contribution in [3.63, 3.8) is 0 Å². The molecule has 0 saturated carbocycles. The quantitative estimate of drug-likeness (QED) is 0.397. The van der Waals surface area contributed by atoms with Gasteiger partial charge in [-0.3, -0.25) is 14.9 Å². The molecule has 104 valence electrons. The highest BCUT2D eigenvalue weighted by atomic mass is 19.4. The number of carboxylic acids is 1. The van der Waals surface area contributed by atoms with Crippen molar-refractivity contribution in [3.8, 4) is 0 Å². The number of nitrogens with one attached hydrogen (secondary N) is 2. The molecule has 10 heteroatoms. The zero-order chi connectivity index (χ0) is 14.1. The molecule has 0 aromatic carbocycles. The molecule has 4 atom stereocenters. The first-order chi connectivity index (χ1) is 8.14. The molecule has 0 spiro atoms. The number of aliphatic hydroxyl groups excluding tert-OH is 2. The second-order valence-electron chi connectivity index (χ2n) is 3.78. The zero-order valence-electron chi connectivity index (χ0n) is 8.81. The van der Waals surface area contributed by atoms with E-state index >= 15 is 0 Å². The van der Waals surface area contributed by atoms with E-state index in [1.54, 1.807) is 0 Å². The van der Waals surface area contributed by atoms with E-state index in [1.165, 1.54) is 5.32 Å². The van der Waals surface area contributed by atoms with Crippen molar-refractivity contribution in [1.29, 1.82) is 0 Å². The lowest BCUT2D eigenvalue weighted by molar-refractivity contribution is -0.177. The number of rotatable bonds is 2. The third-order valence-electron chi connectivity index (χ3n) is 2.52. The number of hydrogen-bond acceptors (Lipinski definition) is 5. The molecule has 18 heavy (non-hydrogen) atoms. The van der Waals surface area contributed by atoms with Gasteiger partial charge in [-0.25, -0.2) is 0 Å². The third kappa shape index (κ3) is 3.09. The summed E-state index contributed by atoms with van der Waals surface area (Å²) in [5, 5.41) is 31.1. The molecule has 0 aromatic heterocycles. The van der Waals surface area contributed by atoms with Gasteiger partial charge in [0, 0.05) is 6.54 Å². The Kier molecular flexibility index (Phi) is 4.14. The van der Waals surface area contributed by atoms with Gasteiger partial charge in [-0.15, -0.1) is 0 Å². The summed E-state index contributed by atoms with van der Waals surface area (Å²) in [5.74, 6) is -5.06. The van der Waals surface area contributed by atoms with Crippen LogP contribution >= 0.6 is 0 Å². The van der Waals surface area contributed by atoms with Crippen molar-refractivity contribution in [3.05, 3.63) is 0 Å². The highest BCUT2D eigenvalue weighted by molar-refractivity contribution is 5.82. The van der Waals surface area contributed by atoms with Crippen LogP contribution in [0.15, 0.2) is 0 Å². The lowest BCUT2D eigenvalue weighted by Gasteiger charge is -2.36. The average molecular weight is 272 g/mol. The fourth-order valence-corrected chi connectivity index (χ4v) is 1.52. The SMILES string of the molecule is O=C(O)C1CNC(NC(=O)C(F)(F)F)[C@@H](O)[C@H]1O. The van der Waals surface area contributed by atoms with Gasteiger partial charge in [0.2, 0.25) is 0 Å². The minimum Gasteiger partial charge on any atom is -0.481 e. The molecule has 1 saturated heterocycles. The smallest absolute Gasteiger partial charge is 0.471 e. The summed E-state index contributed by atoms with van der Waals surface area (Å²) < 4.78 is 35.9. The van der Waals surface area contributed by atoms with E-state index in [0.717, 1.165) is 0 Å². The lowest BCUT2D eigenvalue weighted by Crippen LogP contribution is -2.66. The van der Waals surface area contributed by atoms with Gasteiger partial charge in [0.25, 0.3) is 0 Å². The van der Waals surface area contributed by atoms with Gasteiger partial charge in [-0.1, -0.05) is 0 Å². The monoisotopic (exact) mass is 272 g/mol. The predicted octanol–water partition coefficient (Wildman–Crippen LogP) is -1.98. The minimum atomic E-state index is -5.13. The van der Waals surface area contributed by atoms with Crippen LogP contribution in [-0.4, -0.2) is 58.3 Å². The van der Waals surface area contributed by atoms with Crippen LogP contribution < -0.4 is 10.6 Å². The predicted molar refractivity (Wildman–Crippen MR) is 49.1 cm³/mol. The van der Waals surface area contributed by atoms with E-state index < -0.39 is 42.3 Å². The highest BCUT2D eigenvalue weighted by Crippen LogP contribution is 2.18. The van der Waals surface area contributed by atoms with Crippen LogP contribution in [0.3, 0.4) is 0 Å². The normalized spacial score (nSPS) is 32.9. The third-order valence-corrected chi connectivity index (χ3v) is 2.52. The molecular weight excluding hydrogens is 261 g/mol. The van der Waals surface area contributed by atoms with Crippen molar-refractivity contribution < 1.29 is 38.1 Å². The molecule has 7 nitrogen and oxygen atoms in total. The Balaban J connectivity index is 2.67. The highest BCUT2D eigenvalue weighted by Gasteiger charge is 2.45. The van der Waals surface area contributed by atoms with Gasteiger partial charge >= 0.3 is 18.1 Å². The van der Waals surface area contributed by atoms with E-state index in [9.17, 15) is 33.0 Å². The van der Waals surface area contributed by atoms with Crippen molar-refractivity contribution in [2.24, 2.45) is 5.92 Å². The summed E-state index contributed by atoms with van der Waals surface area (Å²) in [6.07, 6.45) is -10.3. The summed E-state index contributed by atoms with van der Waals surface area (Å²) in [4.78, 5) is 21.2. The number of alkyl halides is 3. The lowest BCUT2D eigenvalue weighted by atomic mass is 9.92. The summed E-state index contributed by atoms with van der Waals surface area (Å²) in [6, 6.07) is 0. The maximum absolute atomic E-state index is 12.0. The Morgan fingerprint density at radius 3 is 2.22 bits per heavy atom. The van der Waals surface area contributed by atoms with Gasteiger partial charge in [0.15, 0.2) is 0 Å². The Morgan fingerprint density at radius 2 is 1.78 bits per heavy atom. The molecule has 0 aromatic rings. The van der Waals surface area contributed by atoms with E-state index in [-0.39, 0.29) is 6.54 Å². The van der Waals surface area contributed by atoms with Crippen molar-refractivity contribution in [2.45, 2.75) is 24.6 Å². The molecule has 5 N–H and O–H groups in total. The fourth-order valence-electron chi connectivity index (χ4n) is 1.52. The molecule has 1 aliphatic rings. The zero-order valence-corrected chi connectivity index (χ0v) is 8.81. The van der Waals surface area contributed by atoms with Crippen LogP contribution in [0.5, 0.6) is 0 Å². The number of aliphatic hydroxyl groups is 2. The molecule has 2 unspecified atom stereocenters. The first-order valence-electron chi connectivity index (χ1n) is 4.84. The molecule has 1 aliphatic heterocycles. The summed E-state index contributed by atoms with van der Waals surface area (Å²) in [6.45, 7) is -0.379. The van der Waals surface area contributed by atoms with Crippen LogP contribution in [0, 0.1) is 5.92 Å².